The summed E-state index contributed by atoms with van der Waals surface area (Å²) >= 11 is 0. The van der Waals surface area contributed by atoms with Gasteiger partial charge in [0.2, 0.25) is 0 Å². The van der Waals surface area contributed by atoms with Gasteiger partial charge >= 0.3 is 0 Å². The van der Waals surface area contributed by atoms with Crippen LogP contribution in [0.15, 0.2) is 24.3 Å². The molecule has 1 N–H and O–H groups in total. The Morgan fingerprint density at radius 2 is 1.86 bits per heavy atom. The van der Waals surface area contributed by atoms with Crippen molar-refractivity contribution in [3.05, 3.63) is 35.4 Å². The molecule has 0 aliphatic rings. The largest absolute Gasteiger partial charge is 0.392 e. The van der Waals surface area contributed by atoms with E-state index >= 15 is 0 Å². The van der Waals surface area contributed by atoms with Crippen LogP contribution in [0, 0.1) is 0 Å². The molecule has 1 rings (SSSR count). The smallest absolute Gasteiger partial charge is 0.0796 e. The Balaban J connectivity index is 0.000000791. The molecule has 0 saturated carbocycles. The van der Waals surface area contributed by atoms with Gasteiger partial charge in [0.1, 0.15) is 0 Å². The fourth-order valence-corrected chi connectivity index (χ4v) is 1.20. The van der Waals surface area contributed by atoms with Crippen molar-refractivity contribution in [3.63, 3.8) is 0 Å². The van der Waals surface area contributed by atoms with Crippen LogP contribution in [-0.4, -0.2) is 12.2 Å². The van der Waals surface area contributed by atoms with E-state index in [9.17, 15) is 0 Å². The van der Waals surface area contributed by atoms with Gasteiger partial charge in [0.25, 0.3) is 0 Å². The molecule has 0 radical (unpaired) electrons. The molecule has 2 nitrogen and oxygen atoms in total. The van der Waals surface area contributed by atoms with E-state index in [2.05, 4.69) is 0 Å². The van der Waals surface area contributed by atoms with E-state index in [1.807, 2.05) is 45.0 Å². The zero-order chi connectivity index (χ0) is 11.0. The lowest BCUT2D eigenvalue weighted by Crippen LogP contribution is -2.00. The second kappa shape index (κ2) is 7.54. The quantitative estimate of drug-likeness (QED) is 0.805. The number of hydrogen-bond donors (Lipinski definition) is 1. The molecule has 0 aromatic heterocycles. The number of methoxy groups -OCH3 is 1. The third-order valence-electron chi connectivity index (χ3n) is 2.02. The summed E-state index contributed by atoms with van der Waals surface area (Å²) in [6, 6.07) is 7.74. The highest BCUT2D eigenvalue weighted by molar-refractivity contribution is 5.28. The predicted molar refractivity (Wildman–Crippen MR) is 59.1 cm³/mol. The maximum Gasteiger partial charge on any atom is 0.0796 e. The van der Waals surface area contributed by atoms with Gasteiger partial charge in [0.05, 0.1) is 12.7 Å². The second-order valence-electron chi connectivity index (χ2n) is 2.73. The molecular weight excluding hydrogens is 176 g/mol. The molecule has 0 amide bonds. The SMILES string of the molecule is CC.COC(C)c1ccccc1CO. The van der Waals surface area contributed by atoms with Crippen LogP contribution in [0.5, 0.6) is 0 Å². The Kier molecular flexibility index (Phi) is 7.07. The van der Waals surface area contributed by atoms with E-state index in [0.717, 1.165) is 11.1 Å². The fourth-order valence-electron chi connectivity index (χ4n) is 1.20. The number of rotatable bonds is 3. The van der Waals surface area contributed by atoms with E-state index in [-0.39, 0.29) is 12.7 Å². The van der Waals surface area contributed by atoms with Crippen LogP contribution in [-0.2, 0) is 11.3 Å². The van der Waals surface area contributed by atoms with Crippen LogP contribution in [0.2, 0.25) is 0 Å². The van der Waals surface area contributed by atoms with Gasteiger partial charge in [0.15, 0.2) is 0 Å². The standard InChI is InChI=1S/C10H14O2.C2H6/c1-8(12-2)10-6-4-3-5-9(10)7-11;1-2/h3-6,8,11H,7H2,1-2H3;1-2H3. The first kappa shape index (κ1) is 13.1. The highest BCUT2D eigenvalue weighted by Crippen LogP contribution is 2.19. The van der Waals surface area contributed by atoms with Crippen LogP contribution in [0.4, 0.5) is 0 Å². The maximum atomic E-state index is 9.01. The molecule has 1 aromatic rings. The van der Waals surface area contributed by atoms with Gasteiger partial charge in [-0.25, -0.2) is 0 Å². The molecule has 80 valence electrons. The average molecular weight is 196 g/mol. The summed E-state index contributed by atoms with van der Waals surface area (Å²) in [6.45, 7) is 6.04. The molecule has 1 aromatic carbocycles. The molecule has 0 aliphatic heterocycles. The maximum absolute atomic E-state index is 9.01. The zero-order valence-electron chi connectivity index (χ0n) is 9.45. The van der Waals surface area contributed by atoms with Crippen molar-refractivity contribution in [2.75, 3.05) is 7.11 Å². The topological polar surface area (TPSA) is 29.5 Å². The Bertz CT molecular complexity index is 246. The Morgan fingerprint density at radius 3 is 2.36 bits per heavy atom. The predicted octanol–water partition coefficient (Wildman–Crippen LogP) is 2.91. The summed E-state index contributed by atoms with van der Waals surface area (Å²) in [5.74, 6) is 0. The van der Waals surface area contributed by atoms with E-state index in [0.29, 0.717) is 0 Å². The van der Waals surface area contributed by atoms with Crippen molar-refractivity contribution in [2.45, 2.75) is 33.5 Å². The van der Waals surface area contributed by atoms with Crippen molar-refractivity contribution in [1.82, 2.24) is 0 Å². The molecule has 1 unspecified atom stereocenters. The van der Waals surface area contributed by atoms with Gasteiger partial charge in [-0.15, -0.1) is 0 Å². The average Bonchev–Trinajstić information content (AvgIpc) is 2.30. The number of aliphatic hydroxyl groups excluding tert-OH is 1. The molecule has 0 bridgehead atoms. The number of benzene rings is 1. The number of hydrogen-bond acceptors (Lipinski definition) is 2. The van der Waals surface area contributed by atoms with E-state index in [1.54, 1.807) is 7.11 Å². The van der Waals surface area contributed by atoms with E-state index in [4.69, 9.17) is 9.84 Å². The van der Waals surface area contributed by atoms with Crippen LogP contribution in [0.1, 0.15) is 38.0 Å². The fraction of sp³-hybridized carbons (Fsp3) is 0.500. The van der Waals surface area contributed by atoms with Crippen LogP contribution < -0.4 is 0 Å². The van der Waals surface area contributed by atoms with Crippen molar-refractivity contribution in [2.24, 2.45) is 0 Å². The molecular formula is C12H20O2. The van der Waals surface area contributed by atoms with Crippen LogP contribution >= 0.6 is 0 Å². The zero-order valence-corrected chi connectivity index (χ0v) is 9.45. The summed E-state index contributed by atoms with van der Waals surface area (Å²) in [6.07, 6.45) is 0.0494. The van der Waals surface area contributed by atoms with Crippen LogP contribution in [0.3, 0.4) is 0 Å². The minimum atomic E-state index is 0.0494. The summed E-state index contributed by atoms with van der Waals surface area (Å²) in [4.78, 5) is 0. The molecule has 0 aliphatic carbocycles. The lowest BCUT2D eigenvalue weighted by Gasteiger charge is -2.13. The van der Waals surface area contributed by atoms with Crippen LogP contribution in [0.25, 0.3) is 0 Å². The van der Waals surface area contributed by atoms with Gasteiger partial charge in [-0.1, -0.05) is 38.1 Å². The summed E-state index contributed by atoms with van der Waals surface area (Å²) in [5, 5.41) is 9.01. The van der Waals surface area contributed by atoms with Crippen molar-refractivity contribution < 1.29 is 9.84 Å². The lowest BCUT2D eigenvalue weighted by atomic mass is 10.0. The first-order valence-corrected chi connectivity index (χ1v) is 5.01. The Morgan fingerprint density at radius 1 is 1.29 bits per heavy atom. The molecule has 14 heavy (non-hydrogen) atoms. The van der Waals surface area contributed by atoms with Crippen molar-refractivity contribution in [1.29, 1.82) is 0 Å². The third-order valence-corrected chi connectivity index (χ3v) is 2.02. The minimum absolute atomic E-state index is 0.0494. The molecule has 2 heteroatoms. The van der Waals surface area contributed by atoms with E-state index in [1.165, 1.54) is 0 Å². The summed E-state index contributed by atoms with van der Waals surface area (Å²) < 4.78 is 5.17. The Labute approximate surface area is 86.5 Å². The molecule has 0 heterocycles. The number of aliphatic hydroxyl groups is 1. The monoisotopic (exact) mass is 196 g/mol. The van der Waals surface area contributed by atoms with Gasteiger partial charge in [0, 0.05) is 7.11 Å². The van der Waals surface area contributed by atoms with Gasteiger partial charge < -0.3 is 9.84 Å². The Hall–Kier alpha value is -0.860. The van der Waals surface area contributed by atoms with E-state index < -0.39 is 0 Å². The third kappa shape index (κ3) is 3.48. The minimum Gasteiger partial charge on any atom is -0.392 e. The highest BCUT2D eigenvalue weighted by Gasteiger charge is 2.07. The lowest BCUT2D eigenvalue weighted by molar-refractivity contribution is 0.117. The first-order chi connectivity index (χ1) is 6.79. The van der Waals surface area contributed by atoms with Gasteiger partial charge in [-0.05, 0) is 18.1 Å². The normalized spacial score (nSPS) is 11.5. The molecule has 1 atom stereocenters. The van der Waals surface area contributed by atoms with Gasteiger partial charge in [-0.3, -0.25) is 0 Å². The van der Waals surface area contributed by atoms with Crippen molar-refractivity contribution in [3.8, 4) is 0 Å². The molecule has 0 spiro atoms. The second-order valence-corrected chi connectivity index (χ2v) is 2.73. The number of ether oxygens (including phenoxy) is 1. The molecule has 0 fully saturated rings. The summed E-state index contributed by atoms with van der Waals surface area (Å²) in [7, 11) is 1.67. The first-order valence-electron chi connectivity index (χ1n) is 5.01. The molecule has 0 saturated heterocycles. The van der Waals surface area contributed by atoms with Crippen molar-refractivity contribution >= 4 is 0 Å². The summed E-state index contributed by atoms with van der Waals surface area (Å²) in [5.41, 5.74) is 1.99. The highest BCUT2D eigenvalue weighted by atomic mass is 16.5. The van der Waals surface area contributed by atoms with Gasteiger partial charge in [-0.2, -0.15) is 0 Å².